The molecular weight excluding hydrogens is 366 g/mol. The summed E-state index contributed by atoms with van der Waals surface area (Å²) in [6.45, 7) is 7.98. The summed E-state index contributed by atoms with van der Waals surface area (Å²) < 4.78 is 0. The Balaban J connectivity index is 1.36. The van der Waals surface area contributed by atoms with Crippen LogP contribution in [0.1, 0.15) is 75.5 Å². The normalized spacial score (nSPS) is 25.2. The lowest BCUT2D eigenvalue weighted by molar-refractivity contribution is -0.133. The second kappa shape index (κ2) is 8.78. The van der Waals surface area contributed by atoms with Crippen molar-refractivity contribution in [3.05, 3.63) is 23.3 Å². The quantitative estimate of drug-likeness (QED) is 0.777. The molecule has 0 saturated carbocycles. The summed E-state index contributed by atoms with van der Waals surface area (Å²) in [5.74, 6) is 1.08. The molecule has 2 atom stereocenters. The van der Waals surface area contributed by atoms with Crippen LogP contribution >= 0.6 is 0 Å². The standard InChI is InChI=1S/C22H33N5O2/c1-16-6-3-4-10-25(16)13-9-21(29)26-12-8-19-18(15-26)14-23-22(24-19)20-7-5-11-27(20)17(2)28/h14,16,20H,3-13,15H2,1-2H3/t16-,20-/m1/s1. The van der Waals surface area contributed by atoms with E-state index in [1.807, 2.05) is 16.0 Å². The number of carbonyl (C=O) groups is 2. The van der Waals surface area contributed by atoms with Gasteiger partial charge in [-0.3, -0.25) is 9.59 Å². The highest BCUT2D eigenvalue weighted by Crippen LogP contribution is 2.30. The molecule has 1 aromatic heterocycles. The number of rotatable bonds is 4. The summed E-state index contributed by atoms with van der Waals surface area (Å²) in [7, 11) is 0. The molecule has 0 radical (unpaired) electrons. The summed E-state index contributed by atoms with van der Waals surface area (Å²) in [4.78, 5) is 40.3. The first kappa shape index (κ1) is 20.3. The SMILES string of the molecule is CC(=O)N1CCC[C@@H]1c1ncc2c(n1)CCN(C(=O)CCN1CCCC[C@H]1C)C2. The van der Waals surface area contributed by atoms with E-state index >= 15 is 0 Å². The van der Waals surface area contributed by atoms with E-state index in [1.165, 1.54) is 19.3 Å². The number of hydrogen-bond donors (Lipinski definition) is 0. The Hall–Kier alpha value is -2.02. The van der Waals surface area contributed by atoms with Crippen LogP contribution in [-0.2, 0) is 22.6 Å². The minimum atomic E-state index is 0.00370. The molecule has 0 spiro atoms. The van der Waals surface area contributed by atoms with Gasteiger partial charge in [0.2, 0.25) is 11.8 Å². The maximum atomic E-state index is 12.8. The van der Waals surface area contributed by atoms with Gasteiger partial charge in [0.15, 0.2) is 5.82 Å². The Morgan fingerprint density at radius 2 is 2.00 bits per heavy atom. The predicted molar refractivity (Wildman–Crippen MR) is 110 cm³/mol. The molecule has 1 aromatic rings. The van der Waals surface area contributed by atoms with Crippen molar-refractivity contribution in [3.8, 4) is 0 Å². The molecule has 0 bridgehead atoms. The Morgan fingerprint density at radius 1 is 1.14 bits per heavy atom. The van der Waals surface area contributed by atoms with Gasteiger partial charge >= 0.3 is 0 Å². The predicted octanol–water partition coefficient (Wildman–Crippen LogP) is 2.31. The Morgan fingerprint density at radius 3 is 2.79 bits per heavy atom. The summed E-state index contributed by atoms with van der Waals surface area (Å²) >= 11 is 0. The lowest BCUT2D eigenvalue weighted by atomic mass is 10.0. The van der Waals surface area contributed by atoms with Gasteiger partial charge in [0.1, 0.15) is 0 Å². The Bertz CT molecular complexity index is 768. The Labute approximate surface area is 173 Å². The third-order valence-corrected chi connectivity index (χ3v) is 6.81. The number of amides is 2. The van der Waals surface area contributed by atoms with Gasteiger partial charge in [0.25, 0.3) is 0 Å². The molecule has 29 heavy (non-hydrogen) atoms. The molecule has 0 aliphatic carbocycles. The highest BCUT2D eigenvalue weighted by molar-refractivity contribution is 5.76. The number of likely N-dealkylation sites (tertiary alicyclic amines) is 2. The lowest BCUT2D eigenvalue weighted by Crippen LogP contribution is -2.42. The number of fused-ring (bicyclic) bond motifs is 1. The first-order chi connectivity index (χ1) is 14.0. The highest BCUT2D eigenvalue weighted by Gasteiger charge is 2.31. The molecule has 0 aromatic carbocycles. The van der Waals surface area contributed by atoms with Gasteiger partial charge in [-0.25, -0.2) is 9.97 Å². The average Bonchev–Trinajstić information content (AvgIpc) is 3.22. The van der Waals surface area contributed by atoms with E-state index < -0.39 is 0 Å². The van der Waals surface area contributed by atoms with Crippen molar-refractivity contribution < 1.29 is 9.59 Å². The van der Waals surface area contributed by atoms with Crippen LogP contribution in [0.4, 0.5) is 0 Å². The second-order valence-electron chi connectivity index (χ2n) is 8.77. The van der Waals surface area contributed by atoms with Crippen LogP contribution in [0.25, 0.3) is 0 Å². The maximum absolute atomic E-state index is 12.8. The molecule has 2 fully saturated rings. The van der Waals surface area contributed by atoms with Crippen molar-refractivity contribution in [2.45, 2.75) is 77.4 Å². The first-order valence-corrected chi connectivity index (χ1v) is 11.2. The van der Waals surface area contributed by atoms with Crippen LogP contribution in [0, 0.1) is 0 Å². The fourth-order valence-corrected chi connectivity index (χ4v) is 5.00. The molecule has 0 N–H and O–H groups in total. The third-order valence-electron chi connectivity index (χ3n) is 6.81. The minimum absolute atomic E-state index is 0.00370. The van der Waals surface area contributed by atoms with Gasteiger partial charge in [0, 0.05) is 63.7 Å². The van der Waals surface area contributed by atoms with Gasteiger partial charge in [0.05, 0.1) is 11.7 Å². The monoisotopic (exact) mass is 399 g/mol. The van der Waals surface area contributed by atoms with E-state index in [9.17, 15) is 9.59 Å². The molecular formula is C22H33N5O2. The summed E-state index contributed by atoms with van der Waals surface area (Å²) in [6, 6.07) is 0.597. The van der Waals surface area contributed by atoms with Crippen molar-refractivity contribution in [2.24, 2.45) is 0 Å². The van der Waals surface area contributed by atoms with Gasteiger partial charge in [-0.05, 0) is 39.2 Å². The zero-order valence-corrected chi connectivity index (χ0v) is 17.8. The van der Waals surface area contributed by atoms with Crippen LogP contribution in [0.5, 0.6) is 0 Å². The van der Waals surface area contributed by atoms with Crippen molar-refractivity contribution in [2.75, 3.05) is 26.2 Å². The third kappa shape index (κ3) is 4.44. The lowest BCUT2D eigenvalue weighted by Gasteiger charge is -2.34. The fourth-order valence-electron chi connectivity index (χ4n) is 5.00. The second-order valence-corrected chi connectivity index (χ2v) is 8.77. The number of carbonyl (C=O) groups excluding carboxylic acids is 2. The largest absolute Gasteiger partial charge is 0.338 e. The zero-order valence-electron chi connectivity index (χ0n) is 17.8. The molecule has 0 unspecified atom stereocenters. The van der Waals surface area contributed by atoms with Crippen molar-refractivity contribution >= 4 is 11.8 Å². The molecule has 7 heteroatoms. The number of nitrogens with zero attached hydrogens (tertiary/aromatic N) is 5. The zero-order chi connectivity index (χ0) is 20.4. The first-order valence-electron chi connectivity index (χ1n) is 11.2. The van der Waals surface area contributed by atoms with Gasteiger partial charge in [-0.2, -0.15) is 0 Å². The van der Waals surface area contributed by atoms with E-state index in [2.05, 4.69) is 16.8 Å². The van der Waals surface area contributed by atoms with E-state index in [0.29, 0.717) is 19.0 Å². The number of piperidine rings is 1. The van der Waals surface area contributed by atoms with Crippen LogP contribution in [0.15, 0.2) is 6.20 Å². The van der Waals surface area contributed by atoms with Crippen LogP contribution in [0.3, 0.4) is 0 Å². The maximum Gasteiger partial charge on any atom is 0.224 e. The summed E-state index contributed by atoms with van der Waals surface area (Å²) in [5, 5.41) is 0. The van der Waals surface area contributed by atoms with E-state index in [1.54, 1.807) is 6.92 Å². The molecule has 7 nitrogen and oxygen atoms in total. The van der Waals surface area contributed by atoms with Crippen LogP contribution in [0.2, 0.25) is 0 Å². The fraction of sp³-hybridized carbons (Fsp3) is 0.727. The minimum Gasteiger partial charge on any atom is -0.338 e. The van der Waals surface area contributed by atoms with Crippen LogP contribution < -0.4 is 0 Å². The molecule has 3 aliphatic heterocycles. The van der Waals surface area contributed by atoms with Crippen LogP contribution in [-0.4, -0.2) is 68.7 Å². The molecule has 158 valence electrons. The Kier molecular flexibility index (Phi) is 6.13. The van der Waals surface area contributed by atoms with Gasteiger partial charge < -0.3 is 14.7 Å². The molecule has 3 aliphatic rings. The summed E-state index contributed by atoms with van der Waals surface area (Å²) in [5.41, 5.74) is 2.09. The summed E-state index contributed by atoms with van der Waals surface area (Å²) in [6.07, 6.45) is 8.96. The van der Waals surface area contributed by atoms with E-state index in [0.717, 1.165) is 62.5 Å². The number of hydrogen-bond acceptors (Lipinski definition) is 5. The van der Waals surface area contributed by atoms with Gasteiger partial charge in [-0.15, -0.1) is 0 Å². The van der Waals surface area contributed by atoms with E-state index in [4.69, 9.17) is 4.98 Å². The van der Waals surface area contributed by atoms with Crippen molar-refractivity contribution in [1.29, 1.82) is 0 Å². The highest BCUT2D eigenvalue weighted by atomic mass is 16.2. The number of aromatic nitrogens is 2. The average molecular weight is 400 g/mol. The van der Waals surface area contributed by atoms with Crippen molar-refractivity contribution in [3.63, 3.8) is 0 Å². The molecule has 2 saturated heterocycles. The topological polar surface area (TPSA) is 69.6 Å². The molecule has 2 amide bonds. The smallest absolute Gasteiger partial charge is 0.224 e. The van der Waals surface area contributed by atoms with Gasteiger partial charge in [-0.1, -0.05) is 6.42 Å². The van der Waals surface area contributed by atoms with E-state index in [-0.39, 0.29) is 17.9 Å². The molecule has 4 heterocycles. The molecule has 4 rings (SSSR count). The van der Waals surface area contributed by atoms with Crippen molar-refractivity contribution in [1.82, 2.24) is 24.7 Å².